The van der Waals surface area contributed by atoms with Crippen molar-refractivity contribution in [3.63, 3.8) is 0 Å². The summed E-state index contributed by atoms with van der Waals surface area (Å²) in [5.41, 5.74) is 0. The molecule has 3 heteroatoms. The molecule has 16 heavy (non-hydrogen) atoms. The summed E-state index contributed by atoms with van der Waals surface area (Å²) in [6, 6.07) is 0. The van der Waals surface area contributed by atoms with Gasteiger partial charge < -0.3 is 14.8 Å². The minimum Gasteiger partial charge on any atom is -0.393 e. The van der Waals surface area contributed by atoms with Gasteiger partial charge in [0.25, 0.3) is 0 Å². The molecule has 0 spiro atoms. The summed E-state index contributed by atoms with van der Waals surface area (Å²) in [6.45, 7) is 4.93. The Morgan fingerprint density at radius 1 is 1.19 bits per heavy atom. The van der Waals surface area contributed by atoms with Gasteiger partial charge in [0.1, 0.15) is 5.78 Å². The van der Waals surface area contributed by atoms with Crippen molar-refractivity contribution in [1.29, 1.82) is 0 Å². The topological polar surface area (TPSA) is 40.5 Å². The van der Waals surface area contributed by atoms with Crippen molar-refractivity contribution >= 4 is 5.78 Å². The average molecular weight is 227 g/mol. The average Bonchev–Trinajstić information content (AvgIpc) is 2.25. The fraction of sp³-hybridized carbons (Fsp3) is 0.923. The van der Waals surface area contributed by atoms with E-state index in [-0.39, 0.29) is 6.10 Å². The third-order valence-corrected chi connectivity index (χ3v) is 3.31. The van der Waals surface area contributed by atoms with E-state index in [2.05, 4.69) is 4.90 Å². The van der Waals surface area contributed by atoms with Crippen molar-refractivity contribution in [1.82, 2.24) is 4.90 Å². The summed E-state index contributed by atoms with van der Waals surface area (Å²) in [5, 5.41) is 9.36. The second-order valence-corrected chi connectivity index (χ2v) is 4.94. The Labute approximate surface area is 98.8 Å². The fourth-order valence-corrected chi connectivity index (χ4v) is 2.21. The molecule has 0 aromatic rings. The number of hydrogen-bond acceptors (Lipinski definition) is 3. The Morgan fingerprint density at radius 2 is 1.81 bits per heavy atom. The van der Waals surface area contributed by atoms with E-state index in [4.69, 9.17) is 0 Å². The summed E-state index contributed by atoms with van der Waals surface area (Å²) in [6.07, 6.45) is 7.24. The number of carbonyl (C=O) groups is 1. The Kier molecular flexibility index (Phi) is 6.65. The van der Waals surface area contributed by atoms with Gasteiger partial charge in [-0.3, -0.25) is 0 Å². The molecule has 1 N–H and O–H groups in total. The van der Waals surface area contributed by atoms with E-state index in [0.29, 0.717) is 5.78 Å². The van der Waals surface area contributed by atoms with Gasteiger partial charge in [0, 0.05) is 19.5 Å². The highest BCUT2D eigenvalue weighted by Crippen LogP contribution is 2.11. The van der Waals surface area contributed by atoms with E-state index < -0.39 is 0 Å². The lowest BCUT2D eigenvalue weighted by Gasteiger charge is -2.29. The molecule has 1 fully saturated rings. The molecule has 0 aromatic carbocycles. The summed E-state index contributed by atoms with van der Waals surface area (Å²) in [7, 11) is 0. The van der Waals surface area contributed by atoms with Crippen LogP contribution in [0.5, 0.6) is 0 Å². The molecule has 0 saturated carbocycles. The lowest BCUT2D eigenvalue weighted by Crippen LogP contribution is -2.36. The monoisotopic (exact) mass is 227 g/mol. The predicted octanol–water partition coefficient (Wildman–Crippen LogP) is 1.98. The van der Waals surface area contributed by atoms with Crippen LogP contribution >= 0.6 is 0 Å². The van der Waals surface area contributed by atoms with E-state index in [1.54, 1.807) is 6.92 Å². The molecule has 0 amide bonds. The second-order valence-electron chi connectivity index (χ2n) is 4.94. The molecule has 0 atom stereocenters. The van der Waals surface area contributed by atoms with Crippen LogP contribution in [-0.2, 0) is 4.79 Å². The third-order valence-electron chi connectivity index (χ3n) is 3.31. The second kappa shape index (κ2) is 7.80. The number of aliphatic hydroxyl groups excluding tert-OH is 1. The minimum atomic E-state index is -0.0631. The molecule has 0 radical (unpaired) electrons. The number of nitrogens with zero attached hydrogens (tertiary/aromatic N) is 1. The van der Waals surface area contributed by atoms with Crippen LogP contribution in [0.4, 0.5) is 0 Å². The van der Waals surface area contributed by atoms with Crippen molar-refractivity contribution in [3.05, 3.63) is 0 Å². The van der Waals surface area contributed by atoms with Crippen molar-refractivity contribution in [3.8, 4) is 0 Å². The first-order valence-electron chi connectivity index (χ1n) is 6.58. The molecule has 0 aromatic heterocycles. The smallest absolute Gasteiger partial charge is 0.129 e. The van der Waals surface area contributed by atoms with Crippen LogP contribution in [0.3, 0.4) is 0 Å². The number of rotatable bonds is 7. The number of likely N-dealkylation sites (tertiary alicyclic amines) is 1. The molecule has 1 heterocycles. The van der Waals surface area contributed by atoms with Gasteiger partial charge in [0.2, 0.25) is 0 Å². The molecule has 94 valence electrons. The summed E-state index contributed by atoms with van der Waals surface area (Å²) in [5.74, 6) is 0.310. The lowest BCUT2D eigenvalue weighted by molar-refractivity contribution is -0.117. The van der Waals surface area contributed by atoms with E-state index in [1.165, 1.54) is 19.3 Å². The van der Waals surface area contributed by atoms with Gasteiger partial charge in [-0.05, 0) is 39.2 Å². The molecule has 1 saturated heterocycles. The molecule has 1 aliphatic heterocycles. The maximum Gasteiger partial charge on any atom is 0.129 e. The van der Waals surface area contributed by atoms with Crippen molar-refractivity contribution in [2.75, 3.05) is 19.6 Å². The Morgan fingerprint density at radius 3 is 2.44 bits per heavy atom. The van der Waals surface area contributed by atoms with Gasteiger partial charge in [0.05, 0.1) is 6.10 Å². The first-order chi connectivity index (χ1) is 7.68. The highest BCUT2D eigenvalue weighted by atomic mass is 16.3. The molecule has 1 rings (SSSR count). The quantitative estimate of drug-likeness (QED) is 0.676. The van der Waals surface area contributed by atoms with E-state index in [0.717, 1.165) is 45.3 Å². The summed E-state index contributed by atoms with van der Waals surface area (Å²) < 4.78 is 0. The van der Waals surface area contributed by atoms with E-state index >= 15 is 0 Å². The maximum absolute atomic E-state index is 10.7. The Bertz CT molecular complexity index is 198. The fourth-order valence-electron chi connectivity index (χ4n) is 2.21. The first kappa shape index (κ1) is 13.7. The zero-order valence-corrected chi connectivity index (χ0v) is 10.5. The normalized spacial score (nSPS) is 18.9. The van der Waals surface area contributed by atoms with Gasteiger partial charge >= 0.3 is 0 Å². The van der Waals surface area contributed by atoms with E-state index in [9.17, 15) is 9.90 Å². The SMILES string of the molecule is CC(=O)CCCCCCN1CCC(O)CC1. The van der Waals surface area contributed by atoms with Gasteiger partial charge in [0.15, 0.2) is 0 Å². The molecule has 0 unspecified atom stereocenters. The number of Topliss-reactive ketones (excluding diaryl/α,β-unsaturated/α-hetero) is 1. The van der Waals surface area contributed by atoms with Crippen LogP contribution in [0.25, 0.3) is 0 Å². The van der Waals surface area contributed by atoms with Crippen LogP contribution in [0.15, 0.2) is 0 Å². The maximum atomic E-state index is 10.7. The largest absolute Gasteiger partial charge is 0.393 e. The Hall–Kier alpha value is -0.410. The standard InChI is InChI=1S/C13H25NO2/c1-12(15)6-4-2-3-5-9-14-10-7-13(16)8-11-14/h13,16H,2-11H2,1H3. The van der Waals surface area contributed by atoms with Gasteiger partial charge in [-0.25, -0.2) is 0 Å². The predicted molar refractivity (Wildman–Crippen MR) is 65.4 cm³/mol. The van der Waals surface area contributed by atoms with Crippen molar-refractivity contribution < 1.29 is 9.90 Å². The molecule has 0 aliphatic carbocycles. The molecular weight excluding hydrogens is 202 g/mol. The summed E-state index contributed by atoms with van der Waals surface area (Å²) in [4.78, 5) is 13.2. The van der Waals surface area contributed by atoms with Crippen LogP contribution < -0.4 is 0 Å². The third kappa shape index (κ3) is 6.23. The lowest BCUT2D eigenvalue weighted by atomic mass is 10.1. The van der Waals surface area contributed by atoms with Crippen LogP contribution in [-0.4, -0.2) is 41.5 Å². The number of hydrogen-bond donors (Lipinski definition) is 1. The van der Waals surface area contributed by atoms with Gasteiger partial charge in [-0.2, -0.15) is 0 Å². The zero-order valence-electron chi connectivity index (χ0n) is 10.5. The van der Waals surface area contributed by atoms with Crippen LogP contribution in [0.1, 0.15) is 51.9 Å². The molecular formula is C13H25NO2. The summed E-state index contributed by atoms with van der Waals surface area (Å²) >= 11 is 0. The first-order valence-corrected chi connectivity index (χ1v) is 6.58. The number of piperidine rings is 1. The van der Waals surface area contributed by atoms with Gasteiger partial charge in [-0.15, -0.1) is 0 Å². The number of aliphatic hydroxyl groups is 1. The number of carbonyl (C=O) groups excluding carboxylic acids is 1. The van der Waals surface area contributed by atoms with Crippen LogP contribution in [0.2, 0.25) is 0 Å². The number of unbranched alkanes of at least 4 members (excludes halogenated alkanes) is 3. The molecule has 1 aliphatic rings. The molecule has 0 bridgehead atoms. The Balaban J connectivity index is 1.89. The van der Waals surface area contributed by atoms with Crippen LogP contribution in [0, 0.1) is 0 Å². The number of ketones is 1. The van der Waals surface area contributed by atoms with Crippen molar-refractivity contribution in [2.45, 2.75) is 58.0 Å². The zero-order chi connectivity index (χ0) is 11.8. The minimum absolute atomic E-state index is 0.0631. The highest BCUT2D eigenvalue weighted by Gasteiger charge is 2.15. The molecule has 3 nitrogen and oxygen atoms in total. The van der Waals surface area contributed by atoms with Gasteiger partial charge in [-0.1, -0.05) is 12.8 Å². The highest BCUT2D eigenvalue weighted by molar-refractivity contribution is 5.75. The van der Waals surface area contributed by atoms with E-state index in [1.807, 2.05) is 0 Å². The van der Waals surface area contributed by atoms with Crippen molar-refractivity contribution in [2.24, 2.45) is 0 Å².